The predicted molar refractivity (Wildman–Crippen MR) is 79.3 cm³/mol. The van der Waals surface area contributed by atoms with Gasteiger partial charge in [-0.1, -0.05) is 11.6 Å². The first-order valence-corrected chi connectivity index (χ1v) is 6.99. The number of hydrogen-bond acceptors (Lipinski definition) is 5. The van der Waals surface area contributed by atoms with Gasteiger partial charge in [0.1, 0.15) is 5.75 Å². The highest BCUT2D eigenvalue weighted by Gasteiger charge is 2.17. The number of amides is 1. The minimum atomic E-state index is -0.579. The zero-order valence-electron chi connectivity index (χ0n) is 11.6. The van der Waals surface area contributed by atoms with E-state index in [1.54, 1.807) is 0 Å². The summed E-state index contributed by atoms with van der Waals surface area (Å²) < 4.78 is 10.2. The van der Waals surface area contributed by atoms with Crippen LogP contribution in [-0.4, -0.2) is 39.2 Å². The maximum atomic E-state index is 11.8. The molecule has 1 aliphatic heterocycles. The Bertz CT molecular complexity index is 530. The van der Waals surface area contributed by atoms with Gasteiger partial charge in [-0.25, -0.2) is 4.79 Å². The molecule has 1 heterocycles. The Labute approximate surface area is 127 Å². The van der Waals surface area contributed by atoms with Gasteiger partial charge in [0, 0.05) is 18.5 Å². The molecule has 0 aliphatic carbocycles. The molecule has 2 N–H and O–H groups in total. The third-order valence-corrected chi connectivity index (χ3v) is 3.61. The van der Waals surface area contributed by atoms with E-state index in [0.717, 1.165) is 19.5 Å². The molecule has 7 heteroatoms. The molecule has 0 radical (unpaired) electrons. The molecule has 0 bridgehead atoms. The van der Waals surface area contributed by atoms with E-state index in [1.807, 2.05) is 0 Å². The molecule has 0 saturated carbocycles. The van der Waals surface area contributed by atoms with Crippen molar-refractivity contribution in [3.05, 3.63) is 22.7 Å². The number of halogens is 1. The van der Waals surface area contributed by atoms with Crippen molar-refractivity contribution in [2.75, 3.05) is 32.1 Å². The molecule has 1 aromatic carbocycles. The van der Waals surface area contributed by atoms with Crippen LogP contribution in [-0.2, 0) is 4.74 Å². The van der Waals surface area contributed by atoms with Crippen molar-refractivity contribution in [3.8, 4) is 5.75 Å². The van der Waals surface area contributed by atoms with Gasteiger partial charge in [-0.15, -0.1) is 0 Å². The van der Waals surface area contributed by atoms with E-state index in [2.05, 4.69) is 10.6 Å². The van der Waals surface area contributed by atoms with Crippen molar-refractivity contribution < 1.29 is 19.1 Å². The van der Waals surface area contributed by atoms with Crippen molar-refractivity contribution in [1.29, 1.82) is 0 Å². The van der Waals surface area contributed by atoms with Crippen LogP contribution in [0, 0.1) is 5.92 Å². The Kier molecular flexibility index (Phi) is 5.41. The monoisotopic (exact) mass is 312 g/mol. The van der Waals surface area contributed by atoms with Crippen LogP contribution in [0.5, 0.6) is 5.75 Å². The zero-order chi connectivity index (χ0) is 15.2. The lowest BCUT2D eigenvalue weighted by Crippen LogP contribution is -2.20. The third kappa shape index (κ3) is 4.09. The van der Waals surface area contributed by atoms with E-state index in [0.29, 0.717) is 35.8 Å². The number of rotatable bonds is 5. The molecule has 1 unspecified atom stereocenters. The molecule has 6 nitrogen and oxygen atoms in total. The maximum absolute atomic E-state index is 11.8. The molecule has 1 aliphatic rings. The highest BCUT2D eigenvalue weighted by atomic mass is 35.5. The fourth-order valence-corrected chi connectivity index (χ4v) is 2.35. The summed E-state index contributed by atoms with van der Waals surface area (Å²) in [6, 6.07) is 2.92. The number of nitrogens with one attached hydrogen (secondary N) is 2. The second-order valence-corrected chi connectivity index (χ2v) is 5.18. The Morgan fingerprint density at radius 1 is 1.57 bits per heavy atom. The number of carbonyl (C=O) groups excluding carboxylic acids is 2. The number of ether oxygens (including phenoxy) is 2. The number of carbonyl (C=O) groups is 2. The summed E-state index contributed by atoms with van der Waals surface area (Å²) in [5, 5.41) is 6.00. The lowest BCUT2D eigenvalue weighted by atomic mass is 10.1. The summed E-state index contributed by atoms with van der Waals surface area (Å²) in [6.45, 7) is 2.17. The number of methoxy groups -OCH3 is 1. The summed E-state index contributed by atoms with van der Waals surface area (Å²) in [5.74, 6) is 0.683. The van der Waals surface area contributed by atoms with Crippen LogP contribution in [0.1, 0.15) is 16.8 Å². The fourth-order valence-electron chi connectivity index (χ4n) is 2.13. The van der Waals surface area contributed by atoms with Crippen LogP contribution in [0.2, 0.25) is 5.02 Å². The Morgan fingerprint density at radius 2 is 2.38 bits per heavy atom. The van der Waals surface area contributed by atoms with E-state index in [4.69, 9.17) is 21.1 Å². The van der Waals surface area contributed by atoms with Gasteiger partial charge in [-0.05, 0) is 19.0 Å². The topological polar surface area (TPSA) is 76.7 Å². The largest absolute Gasteiger partial charge is 0.496 e. The molecule has 2 rings (SSSR count). The van der Waals surface area contributed by atoms with Gasteiger partial charge in [-0.3, -0.25) is 10.1 Å². The predicted octanol–water partition coefficient (Wildman–Crippen LogP) is 2.32. The lowest BCUT2D eigenvalue weighted by Gasteiger charge is -2.13. The van der Waals surface area contributed by atoms with E-state index < -0.39 is 6.09 Å². The van der Waals surface area contributed by atoms with Crippen molar-refractivity contribution >= 4 is 29.7 Å². The van der Waals surface area contributed by atoms with E-state index >= 15 is 0 Å². The van der Waals surface area contributed by atoms with Crippen LogP contribution >= 0.6 is 11.6 Å². The van der Waals surface area contributed by atoms with Gasteiger partial charge < -0.3 is 14.8 Å². The summed E-state index contributed by atoms with van der Waals surface area (Å²) >= 11 is 6.01. The van der Waals surface area contributed by atoms with Crippen molar-refractivity contribution in [3.63, 3.8) is 0 Å². The van der Waals surface area contributed by atoms with Gasteiger partial charge in [0.25, 0.3) is 0 Å². The molecular weight excluding hydrogens is 296 g/mol. The van der Waals surface area contributed by atoms with Crippen LogP contribution in [0.3, 0.4) is 0 Å². The number of hydrogen-bond donors (Lipinski definition) is 2. The molecule has 1 fully saturated rings. The highest BCUT2D eigenvalue weighted by molar-refractivity contribution is 6.34. The number of anilines is 1. The second kappa shape index (κ2) is 7.28. The van der Waals surface area contributed by atoms with Gasteiger partial charge in [0.2, 0.25) is 0 Å². The molecule has 21 heavy (non-hydrogen) atoms. The average Bonchev–Trinajstić information content (AvgIpc) is 3.00. The van der Waals surface area contributed by atoms with E-state index in [9.17, 15) is 9.59 Å². The molecule has 1 atom stereocenters. The average molecular weight is 313 g/mol. The number of aldehydes is 1. The first kappa shape index (κ1) is 15.6. The summed E-state index contributed by atoms with van der Waals surface area (Å²) in [5.41, 5.74) is 0.659. The molecule has 0 spiro atoms. The van der Waals surface area contributed by atoms with Gasteiger partial charge in [0.15, 0.2) is 6.29 Å². The van der Waals surface area contributed by atoms with Gasteiger partial charge in [0.05, 0.1) is 30.0 Å². The van der Waals surface area contributed by atoms with Crippen molar-refractivity contribution in [1.82, 2.24) is 5.32 Å². The first-order valence-electron chi connectivity index (χ1n) is 6.61. The molecular formula is C14H17ClN2O4. The van der Waals surface area contributed by atoms with Gasteiger partial charge in [-0.2, -0.15) is 0 Å². The molecule has 114 valence electrons. The Hall–Kier alpha value is -1.79. The maximum Gasteiger partial charge on any atom is 0.411 e. The normalized spacial score (nSPS) is 17.3. The smallest absolute Gasteiger partial charge is 0.411 e. The van der Waals surface area contributed by atoms with Crippen LogP contribution in [0.25, 0.3) is 0 Å². The zero-order valence-corrected chi connectivity index (χ0v) is 12.4. The summed E-state index contributed by atoms with van der Waals surface area (Å²) in [7, 11) is 1.44. The van der Waals surface area contributed by atoms with Crippen molar-refractivity contribution in [2.24, 2.45) is 5.92 Å². The lowest BCUT2D eigenvalue weighted by molar-refractivity contribution is 0.112. The van der Waals surface area contributed by atoms with Crippen LogP contribution < -0.4 is 15.4 Å². The minimum absolute atomic E-state index is 0.248. The molecule has 1 saturated heterocycles. The second-order valence-electron chi connectivity index (χ2n) is 4.77. The minimum Gasteiger partial charge on any atom is -0.496 e. The summed E-state index contributed by atoms with van der Waals surface area (Å²) in [4.78, 5) is 22.6. The Morgan fingerprint density at radius 3 is 3.00 bits per heavy atom. The molecule has 1 aromatic rings. The first-order chi connectivity index (χ1) is 10.1. The number of benzene rings is 1. The van der Waals surface area contributed by atoms with E-state index in [-0.39, 0.29) is 5.02 Å². The van der Waals surface area contributed by atoms with Crippen LogP contribution in [0.15, 0.2) is 12.1 Å². The standard InChI is InChI=1S/C14H17ClN2O4/c1-20-13-5-12(11(15)4-10(13)7-18)17-14(19)21-8-9-2-3-16-6-9/h4-5,7,9,16H,2-3,6,8H2,1H3,(H,17,19). The van der Waals surface area contributed by atoms with E-state index in [1.165, 1.54) is 19.2 Å². The Balaban J connectivity index is 1.97. The third-order valence-electron chi connectivity index (χ3n) is 3.30. The molecule has 1 amide bonds. The van der Waals surface area contributed by atoms with Crippen molar-refractivity contribution in [2.45, 2.75) is 6.42 Å². The fraction of sp³-hybridized carbons (Fsp3) is 0.429. The summed E-state index contributed by atoms with van der Waals surface area (Å²) in [6.07, 6.45) is 1.06. The van der Waals surface area contributed by atoms with Gasteiger partial charge >= 0.3 is 6.09 Å². The quantitative estimate of drug-likeness (QED) is 0.816. The highest BCUT2D eigenvalue weighted by Crippen LogP contribution is 2.30. The SMILES string of the molecule is COc1cc(NC(=O)OCC2CCNC2)c(Cl)cc1C=O. The van der Waals surface area contributed by atoms with Crippen LogP contribution in [0.4, 0.5) is 10.5 Å². The molecule has 0 aromatic heterocycles.